The van der Waals surface area contributed by atoms with Gasteiger partial charge in [-0.2, -0.15) is 0 Å². The molecule has 1 fully saturated rings. The molecule has 1 aliphatic carbocycles. The van der Waals surface area contributed by atoms with Gasteiger partial charge < -0.3 is 15.3 Å². The summed E-state index contributed by atoms with van der Waals surface area (Å²) in [5.41, 5.74) is 0.331. The van der Waals surface area contributed by atoms with Gasteiger partial charge in [0.15, 0.2) is 11.9 Å². The van der Waals surface area contributed by atoms with E-state index in [1.165, 1.54) is 30.5 Å². The SMILES string of the molecule is C.C.Cc1ncc(OC[C@@]2(c3cccc(F)c3)C[C@H]2C(=O)Nc2ccc(F)cn2)c(C)[n+]1O. The summed E-state index contributed by atoms with van der Waals surface area (Å²) in [5, 5.41) is 12.7. The Hall–Kier alpha value is -3.62. The molecule has 4 rings (SSSR count). The van der Waals surface area contributed by atoms with Crippen LogP contribution in [0.25, 0.3) is 0 Å². The highest BCUT2D eigenvalue weighted by Crippen LogP contribution is 2.55. The number of nitrogens with zero attached hydrogens (tertiary/aromatic N) is 3. The zero-order chi connectivity index (χ0) is 22.2. The molecule has 9 heteroatoms. The molecule has 2 atom stereocenters. The van der Waals surface area contributed by atoms with E-state index in [1.54, 1.807) is 26.0 Å². The van der Waals surface area contributed by atoms with Gasteiger partial charge in [-0.05, 0) is 46.0 Å². The number of aryl methyl sites for hydroxylation is 1. The molecule has 33 heavy (non-hydrogen) atoms. The van der Waals surface area contributed by atoms with Crippen molar-refractivity contribution in [2.75, 3.05) is 11.9 Å². The fraction of sp³-hybridized carbons (Fsp3) is 0.333. The third-order valence-electron chi connectivity index (χ3n) is 5.60. The molecular weight excluding hydrogens is 430 g/mol. The smallest absolute Gasteiger partial charge is 0.334 e. The average Bonchev–Trinajstić information content (AvgIpc) is 3.49. The molecule has 1 amide bonds. The van der Waals surface area contributed by atoms with Crippen LogP contribution in [0, 0.1) is 31.4 Å². The Bertz CT molecular complexity index is 1140. The summed E-state index contributed by atoms with van der Waals surface area (Å²) in [7, 11) is 0. The van der Waals surface area contributed by atoms with Gasteiger partial charge in [-0.1, -0.05) is 27.0 Å². The maximum Gasteiger partial charge on any atom is 0.334 e. The Morgan fingerprint density at radius 1 is 1.18 bits per heavy atom. The number of amides is 1. The molecule has 176 valence electrons. The monoisotopic (exact) mass is 459 g/mol. The molecule has 1 aromatic carbocycles. The summed E-state index contributed by atoms with van der Waals surface area (Å²) in [6, 6.07) is 8.64. The average molecular weight is 460 g/mol. The van der Waals surface area contributed by atoms with Crippen LogP contribution in [0.1, 0.15) is 38.4 Å². The number of nitrogens with one attached hydrogen (secondary N) is 1. The van der Waals surface area contributed by atoms with Crippen molar-refractivity contribution in [1.29, 1.82) is 0 Å². The lowest BCUT2D eigenvalue weighted by Crippen LogP contribution is -2.39. The van der Waals surface area contributed by atoms with Crippen LogP contribution in [0.5, 0.6) is 5.75 Å². The number of ether oxygens (including phenoxy) is 1. The summed E-state index contributed by atoms with van der Waals surface area (Å²) in [4.78, 5) is 20.8. The molecule has 0 unspecified atom stereocenters. The van der Waals surface area contributed by atoms with Crippen molar-refractivity contribution < 1.29 is 28.2 Å². The first kappa shape index (κ1) is 25.6. The molecule has 0 radical (unpaired) electrons. The molecule has 1 aliphatic rings. The van der Waals surface area contributed by atoms with Crippen molar-refractivity contribution in [3.05, 3.63) is 77.5 Å². The lowest BCUT2D eigenvalue weighted by molar-refractivity contribution is -0.914. The van der Waals surface area contributed by atoms with Crippen LogP contribution < -0.4 is 14.8 Å². The zero-order valence-corrected chi connectivity index (χ0v) is 17.0. The van der Waals surface area contributed by atoms with Gasteiger partial charge in [-0.15, -0.1) is 0 Å². The maximum absolute atomic E-state index is 13.9. The lowest BCUT2D eigenvalue weighted by atomic mass is 9.93. The van der Waals surface area contributed by atoms with Gasteiger partial charge in [-0.25, -0.2) is 13.8 Å². The minimum absolute atomic E-state index is 0. The molecule has 0 spiro atoms. The van der Waals surface area contributed by atoms with E-state index in [4.69, 9.17) is 4.74 Å². The fourth-order valence-corrected chi connectivity index (χ4v) is 3.67. The molecule has 3 aromatic rings. The first-order chi connectivity index (χ1) is 14.8. The van der Waals surface area contributed by atoms with E-state index in [9.17, 15) is 18.8 Å². The minimum atomic E-state index is -0.760. The number of carbonyl (C=O) groups is 1. The Kier molecular flexibility index (Phi) is 7.68. The number of rotatable bonds is 6. The number of pyridine rings is 1. The van der Waals surface area contributed by atoms with Crippen LogP contribution in [0.4, 0.5) is 14.6 Å². The second-order valence-corrected chi connectivity index (χ2v) is 7.63. The number of halogens is 2. The predicted octanol–water partition coefficient (Wildman–Crippen LogP) is 4.14. The summed E-state index contributed by atoms with van der Waals surface area (Å²) in [6.45, 7) is 3.41. The van der Waals surface area contributed by atoms with Gasteiger partial charge in [0.25, 0.3) is 0 Å². The third kappa shape index (κ3) is 5.08. The third-order valence-corrected chi connectivity index (χ3v) is 5.60. The van der Waals surface area contributed by atoms with Gasteiger partial charge in [0.1, 0.15) is 17.5 Å². The number of hydrogen-bond donors (Lipinski definition) is 2. The van der Waals surface area contributed by atoms with Crippen molar-refractivity contribution in [2.24, 2.45) is 5.92 Å². The molecule has 2 heterocycles. The predicted molar refractivity (Wildman–Crippen MR) is 119 cm³/mol. The molecule has 0 aliphatic heterocycles. The number of anilines is 1. The second kappa shape index (κ2) is 9.89. The fourth-order valence-electron chi connectivity index (χ4n) is 3.67. The normalized spacial score (nSPS) is 18.5. The summed E-state index contributed by atoms with van der Waals surface area (Å²) >= 11 is 0. The minimum Gasteiger partial charge on any atom is -0.485 e. The van der Waals surface area contributed by atoms with Crippen molar-refractivity contribution in [1.82, 2.24) is 9.97 Å². The Morgan fingerprint density at radius 3 is 2.61 bits per heavy atom. The highest BCUT2D eigenvalue weighted by atomic mass is 19.1. The quantitative estimate of drug-likeness (QED) is 0.427. The highest BCUT2D eigenvalue weighted by molar-refractivity contribution is 5.95. The molecule has 0 saturated heterocycles. The van der Waals surface area contributed by atoms with Crippen molar-refractivity contribution in [3.8, 4) is 5.75 Å². The molecule has 2 aromatic heterocycles. The lowest BCUT2D eigenvalue weighted by Gasteiger charge is -2.19. The van der Waals surface area contributed by atoms with E-state index in [2.05, 4.69) is 15.3 Å². The largest absolute Gasteiger partial charge is 0.485 e. The number of aromatic nitrogens is 3. The Labute approximate surface area is 192 Å². The topological polar surface area (TPSA) is 88.2 Å². The van der Waals surface area contributed by atoms with Crippen LogP contribution in [-0.4, -0.2) is 27.7 Å². The van der Waals surface area contributed by atoms with Crippen LogP contribution in [0.3, 0.4) is 0 Å². The van der Waals surface area contributed by atoms with Crippen molar-refractivity contribution >= 4 is 11.7 Å². The van der Waals surface area contributed by atoms with Gasteiger partial charge in [0, 0.05) is 19.3 Å². The van der Waals surface area contributed by atoms with E-state index in [0.29, 0.717) is 29.3 Å². The van der Waals surface area contributed by atoms with E-state index < -0.39 is 23.0 Å². The van der Waals surface area contributed by atoms with Crippen molar-refractivity contribution in [2.45, 2.75) is 40.5 Å². The summed E-state index contributed by atoms with van der Waals surface area (Å²) in [6.07, 6.45) is 2.94. The van der Waals surface area contributed by atoms with Crippen LogP contribution in [-0.2, 0) is 10.2 Å². The molecule has 7 nitrogen and oxygen atoms in total. The standard InChI is InChI=1S/C22H20F2N4O3.2CH4/c1-13-19(11-25-14(2)28(13)30)31-12-22(15-4-3-5-16(23)8-15)9-18(22)21(29)27-20-7-6-17(24)10-26-20;;/h3-8,10-11,18H,9,12H2,1-2H3,(H-,26,27,29,30);2*1H4/p+1/t18-,22+;;/m0../s1. The Balaban J connectivity index is 0.00000193. The van der Waals surface area contributed by atoms with E-state index in [1.807, 2.05) is 0 Å². The van der Waals surface area contributed by atoms with E-state index >= 15 is 0 Å². The Morgan fingerprint density at radius 2 is 1.94 bits per heavy atom. The molecule has 2 N–H and O–H groups in total. The molecule has 1 saturated carbocycles. The first-order valence-electron chi connectivity index (χ1n) is 9.69. The summed E-state index contributed by atoms with van der Waals surface area (Å²) < 4.78 is 33.9. The summed E-state index contributed by atoms with van der Waals surface area (Å²) in [5.74, 6) is -0.744. The maximum atomic E-state index is 13.9. The van der Waals surface area contributed by atoms with E-state index in [-0.39, 0.29) is 33.2 Å². The van der Waals surface area contributed by atoms with Crippen LogP contribution in [0.2, 0.25) is 0 Å². The second-order valence-electron chi connectivity index (χ2n) is 7.63. The number of benzene rings is 1. The van der Waals surface area contributed by atoms with Gasteiger partial charge in [-0.3, -0.25) is 4.79 Å². The van der Waals surface area contributed by atoms with Gasteiger partial charge >= 0.3 is 5.82 Å². The van der Waals surface area contributed by atoms with Crippen molar-refractivity contribution in [3.63, 3.8) is 0 Å². The van der Waals surface area contributed by atoms with E-state index in [0.717, 1.165) is 10.9 Å². The van der Waals surface area contributed by atoms with Crippen LogP contribution >= 0.6 is 0 Å². The van der Waals surface area contributed by atoms with Gasteiger partial charge in [0.05, 0.1) is 18.7 Å². The zero-order valence-electron chi connectivity index (χ0n) is 17.0. The molecular formula is C24H29F2N4O3+. The highest BCUT2D eigenvalue weighted by Gasteiger charge is 2.60. The van der Waals surface area contributed by atoms with Gasteiger partial charge in [0.2, 0.25) is 11.7 Å². The number of carbonyl (C=O) groups excluding carboxylic acids is 1. The molecule has 0 bridgehead atoms. The number of hydrogen-bond acceptors (Lipinski definition) is 5. The first-order valence-corrected chi connectivity index (χ1v) is 9.69. The van der Waals surface area contributed by atoms with Crippen LogP contribution in [0.15, 0.2) is 48.8 Å².